The van der Waals surface area contributed by atoms with Crippen molar-refractivity contribution in [1.82, 2.24) is 10.2 Å². The lowest BCUT2D eigenvalue weighted by molar-refractivity contribution is 0.0748. The smallest absolute Gasteiger partial charge is 0.264 e. The molecule has 2 bridgehead atoms. The number of benzene rings is 2. The summed E-state index contributed by atoms with van der Waals surface area (Å²) in [6.45, 7) is 1.45. The molecule has 1 amide bonds. The summed E-state index contributed by atoms with van der Waals surface area (Å²) in [5.74, 6) is -0.0327. The van der Waals surface area contributed by atoms with E-state index < -0.39 is 10.0 Å². The lowest BCUT2D eigenvalue weighted by Gasteiger charge is -2.24. The van der Waals surface area contributed by atoms with E-state index in [9.17, 15) is 13.2 Å². The van der Waals surface area contributed by atoms with Gasteiger partial charge in [0.15, 0.2) is 0 Å². The summed E-state index contributed by atoms with van der Waals surface area (Å²) < 4.78 is 27.0. The Kier molecular flexibility index (Phi) is 6.51. The Hall–Kier alpha value is -2.09. The molecule has 29 heavy (non-hydrogen) atoms. The van der Waals surface area contributed by atoms with Gasteiger partial charge in [0.25, 0.3) is 15.9 Å². The van der Waals surface area contributed by atoms with Crippen LogP contribution >= 0.6 is 12.4 Å². The molecule has 2 heterocycles. The van der Waals surface area contributed by atoms with Crippen molar-refractivity contribution in [2.24, 2.45) is 0 Å². The fraction of sp³-hybridized carbons (Fsp3) is 0.381. The third kappa shape index (κ3) is 4.42. The number of amides is 1. The van der Waals surface area contributed by atoms with Crippen LogP contribution in [-0.2, 0) is 10.0 Å². The Balaban J connectivity index is 0.00000240. The summed E-state index contributed by atoms with van der Waals surface area (Å²) in [5.41, 5.74) is 1.12. The second-order valence-electron chi connectivity index (χ2n) is 7.51. The fourth-order valence-electron chi connectivity index (χ4n) is 4.01. The first-order chi connectivity index (χ1) is 13.4. The van der Waals surface area contributed by atoms with Crippen molar-refractivity contribution in [3.05, 3.63) is 60.2 Å². The minimum atomic E-state index is -3.67. The molecule has 2 aromatic rings. The Morgan fingerprint density at radius 3 is 2.34 bits per heavy atom. The van der Waals surface area contributed by atoms with Gasteiger partial charge in [0.05, 0.1) is 10.6 Å². The van der Waals surface area contributed by atoms with E-state index in [1.807, 2.05) is 11.0 Å². The molecular formula is C21H26ClN3O3S. The molecule has 4 rings (SSSR count). The number of rotatable bonds is 4. The largest absolute Gasteiger partial charge is 0.337 e. The molecule has 1 N–H and O–H groups in total. The third-order valence-corrected chi connectivity index (χ3v) is 7.49. The molecule has 0 aliphatic carbocycles. The van der Waals surface area contributed by atoms with Gasteiger partial charge in [-0.15, -0.1) is 12.4 Å². The van der Waals surface area contributed by atoms with E-state index in [0.29, 0.717) is 29.9 Å². The molecule has 6 nitrogen and oxygen atoms in total. The van der Waals surface area contributed by atoms with E-state index in [1.54, 1.807) is 36.4 Å². The number of anilines is 1. The van der Waals surface area contributed by atoms with Crippen LogP contribution in [0, 0.1) is 0 Å². The van der Waals surface area contributed by atoms with Crippen LogP contribution in [0.5, 0.6) is 0 Å². The van der Waals surface area contributed by atoms with Crippen molar-refractivity contribution in [2.45, 2.75) is 36.2 Å². The van der Waals surface area contributed by atoms with Crippen molar-refractivity contribution in [3.8, 4) is 0 Å². The van der Waals surface area contributed by atoms with Gasteiger partial charge < -0.3 is 10.2 Å². The molecule has 2 fully saturated rings. The molecular weight excluding hydrogens is 410 g/mol. The number of para-hydroxylation sites is 1. The number of hydrogen-bond donors (Lipinski definition) is 1. The van der Waals surface area contributed by atoms with Gasteiger partial charge in [-0.2, -0.15) is 0 Å². The van der Waals surface area contributed by atoms with Gasteiger partial charge in [-0.1, -0.05) is 18.2 Å². The molecule has 2 aliphatic heterocycles. The number of carbonyl (C=O) groups excluding carboxylic acids is 1. The molecule has 2 atom stereocenters. The minimum Gasteiger partial charge on any atom is -0.337 e. The molecule has 2 unspecified atom stereocenters. The Labute approximate surface area is 178 Å². The first kappa shape index (κ1) is 21.6. The van der Waals surface area contributed by atoms with Crippen molar-refractivity contribution in [1.29, 1.82) is 0 Å². The maximum atomic E-state index is 12.9. The van der Waals surface area contributed by atoms with Crippen LogP contribution in [-0.4, -0.2) is 51.4 Å². The average molecular weight is 436 g/mol. The Morgan fingerprint density at radius 2 is 1.66 bits per heavy atom. The topological polar surface area (TPSA) is 69.7 Å². The molecule has 2 aliphatic rings. The van der Waals surface area contributed by atoms with Crippen LogP contribution in [0.3, 0.4) is 0 Å². The van der Waals surface area contributed by atoms with E-state index >= 15 is 0 Å². The second kappa shape index (κ2) is 8.73. The molecule has 0 aromatic heterocycles. The third-order valence-electron chi connectivity index (χ3n) is 5.69. The van der Waals surface area contributed by atoms with Gasteiger partial charge in [0.1, 0.15) is 0 Å². The zero-order valence-electron chi connectivity index (χ0n) is 16.3. The molecule has 156 valence electrons. The maximum absolute atomic E-state index is 12.9. The zero-order valence-corrected chi connectivity index (χ0v) is 18.0. The van der Waals surface area contributed by atoms with Gasteiger partial charge in [-0.25, -0.2) is 8.42 Å². The van der Waals surface area contributed by atoms with Gasteiger partial charge >= 0.3 is 0 Å². The molecule has 2 aromatic carbocycles. The van der Waals surface area contributed by atoms with Gasteiger partial charge in [-0.3, -0.25) is 9.10 Å². The molecule has 0 radical (unpaired) electrons. The molecule has 8 heteroatoms. The van der Waals surface area contributed by atoms with E-state index in [2.05, 4.69) is 5.32 Å². The highest BCUT2D eigenvalue weighted by atomic mass is 35.5. The molecule has 2 saturated heterocycles. The predicted octanol–water partition coefficient (Wildman–Crippen LogP) is 2.90. The number of fused-ring (bicyclic) bond motifs is 2. The predicted molar refractivity (Wildman–Crippen MR) is 116 cm³/mol. The number of hydrogen-bond acceptors (Lipinski definition) is 4. The van der Waals surface area contributed by atoms with Crippen LogP contribution in [0.1, 0.15) is 29.6 Å². The Morgan fingerprint density at radius 1 is 1.00 bits per heavy atom. The Bertz CT molecular complexity index is 951. The summed E-state index contributed by atoms with van der Waals surface area (Å²) in [6.07, 6.45) is 3.27. The molecule has 0 spiro atoms. The zero-order chi connectivity index (χ0) is 19.7. The second-order valence-corrected chi connectivity index (χ2v) is 9.48. The summed E-state index contributed by atoms with van der Waals surface area (Å²) in [6, 6.07) is 16.1. The quantitative estimate of drug-likeness (QED) is 0.801. The van der Waals surface area contributed by atoms with Gasteiger partial charge in [-0.05, 0) is 55.7 Å². The number of likely N-dealkylation sites (tertiary alicyclic amines) is 1. The number of nitrogens with zero attached hydrogens (tertiary/aromatic N) is 2. The summed E-state index contributed by atoms with van der Waals surface area (Å²) in [7, 11) is -2.14. The maximum Gasteiger partial charge on any atom is 0.264 e. The number of nitrogens with one attached hydrogen (secondary N) is 1. The van der Waals surface area contributed by atoms with Crippen LogP contribution in [0.4, 0.5) is 5.69 Å². The van der Waals surface area contributed by atoms with Gasteiger partial charge in [0.2, 0.25) is 0 Å². The first-order valence-corrected chi connectivity index (χ1v) is 11.1. The highest BCUT2D eigenvalue weighted by Crippen LogP contribution is 2.24. The number of sulfonamides is 1. The van der Waals surface area contributed by atoms with E-state index in [-0.39, 0.29) is 23.2 Å². The van der Waals surface area contributed by atoms with Crippen LogP contribution < -0.4 is 9.62 Å². The normalized spacial score (nSPS) is 21.2. The highest BCUT2D eigenvalue weighted by Gasteiger charge is 2.31. The number of halogens is 1. The summed E-state index contributed by atoms with van der Waals surface area (Å²) >= 11 is 0. The monoisotopic (exact) mass is 435 g/mol. The van der Waals surface area contributed by atoms with Crippen LogP contribution in [0.25, 0.3) is 0 Å². The minimum absolute atomic E-state index is 0. The van der Waals surface area contributed by atoms with Crippen LogP contribution in [0.2, 0.25) is 0 Å². The SMILES string of the molecule is CN(c1ccccc1)S(=O)(=O)c1ccc(C(=O)N2CCC3CCC(C2)N3)cc1.Cl. The number of carbonyl (C=O) groups is 1. The van der Waals surface area contributed by atoms with E-state index in [4.69, 9.17) is 0 Å². The van der Waals surface area contributed by atoms with Gasteiger partial charge in [0, 0.05) is 37.8 Å². The van der Waals surface area contributed by atoms with Crippen molar-refractivity contribution < 1.29 is 13.2 Å². The first-order valence-electron chi connectivity index (χ1n) is 9.64. The average Bonchev–Trinajstić information content (AvgIpc) is 3.06. The van der Waals surface area contributed by atoms with Crippen molar-refractivity contribution in [2.75, 3.05) is 24.4 Å². The lowest BCUT2D eigenvalue weighted by atomic mass is 10.1. The summed E-state index contributed by atoms with van der Waals surface area (Å²) in [5, 5.41) is 3.57. The highest BCUT2D eigenvalue weighted by molar-refractivity contribution is 7.92. The van der Waals surface area contributed by atoms with Crippen molar-refractivity contribution in [3.63, 3.8) is 0 Å². The summed E-state index contributed by atoms with van der Waals surface area (Å²) in [4.78, 5) is 14.9. The van der Waals surface area contributed by atoms with E-state index in [1.165, 1.54) is 29.9 Å². The molecule has 0 saturated carbocycles. The van der Waals surface area contributed by atoms with Crippen molar-refractivity contribution >= 4 is 34.0 Å². The standard InChI is InChI=1S/C21H25N3O3S.ClH/c1-23(19-5-3-2-4-6-19)28(26,27)20-11-7-16(8-12-20)21(25)24-14-13-17-9-10-18(15-24)22-17;/h2-8,11-12,17-18,22H,9-10,13-15H2,1H3;1H. The fourth-order valence-corrected chi connectivity index (χ4v) is 5.21. The lowest BCUT2D eigenvalue weighted by Crippen LogP contribution is -2.39. The van der Waals surface area contributed by atoms with Crippen LogP contribution in [0.15, 0.2) is 59.5 Å². The van der Waals surface area contributed by atoms with E-state index in [0.717, 1.165) is 19.4 Å².